The number of nitrogens with zero attached hydrogens (tertiary/aromatic N) is 1. The number of amides is 1. The molecule has 2 aromatic rings. The van der Waals surface area contributed by atoms with Gasteiger partial charge in [0, 0.05) is 13.1 Å². The summed E-state index contributed by atoms with van der Waals surface area (Å²) < 4.78 is 38.0. The molecule has 0 saturated carbocycles. The molecule has 1 aliphatic rings. The number of carbonyl (C=O) groups excluding carboxylic acids is 1. The average Bonchev–Trinajstić information content (AvgIpc) is 3.31. The lowest BCUT2D eigenvalue weighted by Crippen LogP contribution is -2.39. The van der Waals surface area contributed by atoms with Gasteiger partial charge < -0.3 is 14.8 Å². The quantitative estimate of drug-likeness (QED) is 0.567. The van der Waals surface area contributed by atoms with Gasteiger partial charge in [-0.05, 0) is 68.1 Å². The van der Waals surface area contributed by atoms with E-state index < -0.39 is 16.1 Å². The summed E-state index contributed by atoms with van der Waals surface area (Å²) >= 11 is 0. The fraction of sp³-hybridized carbons (Fsp3) is 0.435. The third-order valence-electron chi connectivity index (χ3n) is 5.13. The molecule has 1 N–H and O–H groups in total. The molecule has 168 valence electrons. The fourth-order valence-electron chi connectivity index (χ4n) is 3.42. The number of benzene rings is 2. The second kappa shape index (κ2) is 10.6. The summed E-state index contributed by atoms with van der Waals surface area (Å²) in [5.41, 5.74) is 1.07. The highest BCUT2D eigenvalue weighted by atomic mass is 32.2. The molecule has 0 radical (unpaired) electrons. The molecule has 7 nitrogen and oxygen atoms in total. The lowest BCUT2D eigenvalue weighted by atomic mass is 10.2. The molecule has 0 aliphatic carbocycles. The van der Waals surface area contributed by atoms with Crippen LogP contribution in [0.2, 0.25) is 0 Å². The van der Waals surface area contributed by atoms with Crippen LogP contribution in [0.1, 0.15) is 31.7 Å². The maximum atomic E-state index is 12.5. The van der Waals surface area contributed by atoms with Crippen molar-refractivity contribution < 1.29 is 22.7 Å². The number of nitrogens with one attached hydrogen (secondary N) is 1. The van der Waals surface area contributed by atoms with E-state index in [0.29, 0.717) is 37.6 Å². The van der Waals surface area contributed by atoms with Crippen LogP contribution in [-0.2, 0) is 14.8 Å². The topological polar surface area (TPSA) is 84.9 Å². The zero-order chi connectivity index (χ0) is 22.3. The highest BCUT2D eigenvalue weighted by Crippen LogP contribution is 2.23. The third-order valence-corrected chi connectivity index (χ3v) is 7.04. The molecular weight excluding hydrogens is 416 g/mol. The highest BCUT2D eigenvalue weighted by molar-refractivity contribution is 7.89. The molecule has 0 bridgehead atoms. The number of sulfonamides is 1. The van der Waals surface area contributed by atoms with Crippen molar-refractivity contribution in [3.05, 3.63) is 54.1 Å². The first-order valence-corrected chi connectivity index (χ1v) is 12.1. The van der Waals surface area contributed by atoms with E-state index in [1.807, 2.05) is 38.1 Å². The van der Waals surface area contributed by atoms with Gasteiger partial charge in [0.2, 0.25) is 10.0 Å². The summed E-state index contributed by atoms with van der Waals surface area (Å²) in [6.45, 7) is 5.61. The zero-order valence-corrected chi connectivity index (χ0v) is 18.9. The monoisotopic (exact) mass is 446 g/mol. The Morgan fingerprint density at radius 1 is 1.10 bits per heavy atom. The van der Waals surface area contributed by atoms with Gasteiger partial charge >= 0.3 is 0 Å². The van der Waals surface area contributed by atoms with E-state index in [1.54, 1.807) is 24.3 Å². The van der Waals surface area contributed by atoms with Gasteiger partial charge in [-0.2, -0.15) is 4.31 Å². The molecule has 1 fully saturated rings. The minimum absolute atomic E-state index is 0.195. The molecule has 1 aliphatic heterocycles. The first kappa shape index (κ1) is 23.1. The Morgan fingerprint density at radius 2 is 1.81 bits per heavy atom. The minimum atomic E-state index is -3.43. The standard InChI is InChI=1S/C23H30N2O5S/c1-3-22(30-20-8-6-7-18(2)17-20)23(26)24-13-16-29-19-9-11-21(12-10-19)31(27,28)25-14-4-5-15-25/h6-12,17,22H,3-5,13-16H2,1-2H3,(H,24,26). The van der Waals surface area contributed by atoms with E-state index >= 15 is 0 Å². The first-order chi connectivity index (χ1) is 14.9. The smallest absolute Gasteiger partial charge is 0.261 e. The maximum Gasteiger partial charge on any atom is 0.261 e. The van der Waals surface area contributed by atoms with Crippen LogP contribution in [0.15, 0.2) is 53.4 Å². The first-order valence-electron chi connectivity index (χ1n) is 10.6. The van der Waals surface area contributed by atoms with Crippen LogP contribution in [0.4, 0.5) is 0 Å². The number of hydrogen-bond acceptors (Lipinski definition) is 5. The number of ether oxygens (including phenoxy) is 2. The number of aryl methyl sites for hydroxylation is 1. The molecule has 1 unspecified atom stereocenters. The van der Waals surface area contributed by atoms with Crippen LogP contribution >= 0.6 is 0 Å². The van der Waals surface area contributed by atoms with Crippen molar-refractivity contribution in [2.75, 3.05) is 26.2 Å². The van der Waals surface area contributed by atoms with Crippen molar-refractivity contribution in [1.82, 2.24) is 9.62 Å². The van der Waals surface area contributed by atoms with Gasteiger partial charge in [0.05, 0.1) is 11.4 Å². The summed E-state index contributed by atoms with van der Waals surface area (Å²) in [5.74, 6) is 1.03. The molecule has 0 aromatic heterocycles. The zero-order valence-electron chi connectivity index (χ0n) is 18.0. The lowest BCUT2D eigenvalue weighted by molar-refractivity contribution is -0.128. The predicted octanol–water partition coefficient (Wildman–Crippen LogP) is 3.13. The van der Waals surface area contributed by atoms with Gasteiger partial charge in [-0.1, -0.05) is 19.1 Å². The van der Waals surface area contributed by atoms with Gasteiger partial charge in [0.1, 0.15) is 18.1 Å². The lowest BCUT2D eigenvalue weighted by Gasteiger charge is -2.18. The second-order valence-corrected chi connectivity index (χ2v) is 9.49. The highest BCUT2D eigenvalue weighted by Gasteiger charge is 2.27. The molecule has 1 atom stereocenters. The van der Waals surface area contributed by atoms with Crippen molar-refractivity contribution in [2.24, 2.45) is 0 Å². The van der Waals surface area contributed by atoms with E-state index in [1.165, 1.54) is 4.31 Å². The van der Waals surface area contributed by atoms with E-state index in [-0.39, 0.29) is 17.4 Å². The summed E-state index contributed by atoms with van der Waals surface area (Å²) in [7, 11) is -3.43. The fourth-order valence-corrected chi connectivity index (χ4v) is 4.93. The number of hydrogen-bond donors (Lipinski definition) is 1. The molecule has 1 heterocycles. The molecule has 1 amide bonds. The number of rotatable bonds is 10. The SMILES string of the molecule is CCC(Oc1cccc(C)c1)C(=O)NCCOc1ccc(S(=O)(=O)N2CCCC2)cc1. The molecule has 31 heavy (non-hydrogen) atoms. The van der Waals surface area contributed by atoms with Crippen LogP contribution in [-0.4, -0.2) is 51.0 Å². The van der Waals surface area contributed by atoms with Crippen LogP contribution in [0.25, 0.3) is 0 Å². The number of carbonyl (C=O) groups is 1. The van der Waals surface area contributed by atoms with Gasteiger partial charge in [-0.3, -0.25) is 4.79 Å². The largest absolute Gasteiger partial charge is 0.492 e. The Bertz CT molecular complexity index is 970. The van der Waals surface area contributed by atoms with Crippen LogP contribution in [0, 0.1) is 6.92 Å². The minimum Gasteiger partial charge on any atom is -0.492 e. The Hall–Kier alpha value is -2.58. The van der Waals surface area contributed by atoms with E-state index in [4.69, 9.17) is 9.47 Å². The Morgan fingerprint density at radius 3 is 2.45 bits per heavy atom. The van der Waals surface area contributed by atoms with Crippen molar-refractivity contribution in [3.8, 4) is 11.5 Å². The Labute approximate surface area is 184 Å². The van der Waals surface area contributed by atoms with Gasteiger partial charge in [0.15, 0.2) is 6.10 Å². The summed E-state index contributed by atoms with van der Waals surface area (Å²) in [4.78, 5) is 12.7. The van der Waals surface area contributed by atoms with Crippen molar-refractivity contribution in [3.63, 3.8) is 0 Å². The molecule has 0 spiro atoms. The van der Waals surface area contributed by atoms with Crippen molar-refractivity contribution in [2.45, 2.75) is 44.1 Å². The Kier molecular flexibility index (Phi) is 7.92. The van der Waals surface area contributed by atoms with Crippen molar-refractivity contribution >= 4 is 15.9 Å². The molecule has 1 saturated heterocycles. The average molecular weight is 447 g/mol. The summed E-state index contributed by atoms with van der Waals surface area (Å²) in [6.07, 6.45) is 1.78. The van der Waals surface area contributed by atoms with Gasteiger partial charge in [0.25, 0.3) is 5.91 Å². The van der Waals surface area contributed by atoms with Crippen molar-refractivity contribution in [1.29, 1.82) is 0 Å². The second-order valence-electron chi connectivity index (χ2n) is 7.55. The maximum absolute atomic E-state index is 12.5. The van der Waals surface area contributed by atoms with Crippen LogP contribution < -0.4 is 14.8 Å². The van der Waals surface area contributed by atoms with E-state index in [0.717, 1.165) is 18.4 Å². The van der Waals surface area contributed by atoms with E-state index in [9.17, 15) is 13.2 Å². The molecular formula is C23H30N2O5S. The summed E-state index contributed by atoms with van der Waals surface area (Å²) in [6, 6.07) is 14.0. The molecule has 2 aromatic carbocycles. The van der Waals surface area contributed by atoms with Crippen LogP contribution in [0.3, 0.4) is 0 Å². The summed E-state index contributed by atoms with van der Waals surface area (Å²) in [5, 5.41) is 2.82. The predicted molar refractivity (Wildman–Crippen MR) is 119 cm³/mol. The molecule has 8 heteroatoms. The normalized spacial score (nSPS) is 15.4. The third kappa shape index (κ3) is 6.21. The van der Waals surface area contributed by atoms with Gasteiger partial charge in [-0.15, -0.1) is 0 Å². The van der Waals surface area contributed by atoms with Crippen LogP contribution in [0.5, 0.6) is 11.5 Å². The van der Waals surface area contributed by atoms with Gasteiger partial charge in [-0.25, -0.2) is 8.42 Å². The molecule has 3 rings (SSSR count). The van der Waals surface area contributed by atoms with E-state index in [2.05, 4.69) is 5.32 Å². The Balaban J connectivity index is 1.45.